The smallest absolute Gasteiger partial charge is 0.223 e. The monoisotopic (exact) mass is 287 g/mol. The van der Waals surface area contributed by atoms with E-state index in [2.05, 4.69) is 15.0 Å². The minimum Gasteiger partial charge on any atom is -0.393 e. The van der Waals surface area contributed by atoms with Crippen molar-refractivity contribution in [2.24, 2.45) is 0 Å². The van der Waals surface area contributed by atoms with Crippen LogP contribution >= 0.6 is 23.4 Å². The van der Waals surface area contributed by atoms with Crippen LogP contribution in [0.5, 0.6) is 0 Å². The Hall–Kier alpha value is -1.09. The number of hydrogen-bond acceptors (Lipinski definition) is 7. The van der Waals surface area contributed by atoms with Gasteiger partial charge in [-0.15, -0.1) is 11.8 Å². The van der Waals surface area contributed by atoms with E-state index in [0.717, 1.165) is 0 Å². The first kappa shape index (κ1) is 12.0. The number of rotatable bonds is 2. The number of aliphatic hydroxyl groups is 1. The van der Waals surface area contributed by atoms with Crippen LogP contribution in [0.4, 0.5) is 5.95 Å². The summed E-state index contributed by atoms with van der Waals surface area (Å²) in [7, 11) is 0. The van der Waals surface area contributed by atoms with Crippen LogP contribution in [0.1, 0.15) is 5.37 Å². The van der Waals surface area contributed by atoms with Crippen molar-refractivity contribution in [3.05, 3.63) is 11.5 Å². The average Bonchev–Trinajstić information content (AvgIpc) is 2.93. The van der Waals surface area contributed by atoms with Crippen molar-refractivity contribution in [2.75, 3.05) is 18.9 Å². The normalized spacial score (nSPS) is 23.9. The summed E-state index contributed by atoms with van der Waals surface area (Å²) < 4.78 is 7.24. The first-order valence-corrected chi connectivity index (χ1v) is 6.54. The van der Waals surface area contributed by atoms with Gasteiger partial charge >= 0.3 is 0 Å². The molecule has 18 heavy (non-hydrogen) atoms. The van der Waals surface area contributed by atoms with Crippen molar-refractivity contribution in [1.82, 2.24) is 19.5 Å². The molecule has 0 amide bonds. The number of nitrogen functional groups attached to an aromatic ring is 1. The van der Waals surface area contributed by atoms with Gasteiger partial charge < -0.3 is 15.6 Å². The Morgan fingerprint density at radius 1 is 1.61 bits per heavy atom. The van der Waals surface area contributed by atoms with Crippen LogP contribution in [0, 0.1) is 0 Å². The topological polar surface area (TPSA) is 99.1 Å². The quantitative estimate of drug-likeness (QED) is 0.782. The van der Waals surface area contributed by atoms with Crippen LogP contribution in [0.25, 0.3) is 11.2 Å². The van der Waals surface area contributed by atoms with Crippen LogP contribution in [-0.2, 0) is 4.74 Å². The number of aliphatic hydroxyl groups excluding tert-OH is 1. The number of imidazole rings is 1. The van der Waals surface area contributed by atoms with Crippen molar-refractivity contribution in [3.8, 4) is 0 Å². The summed E-state index contributed by atoms with van der Waals surface area (Å²) in [4.78, 5) is 12.2. The zero-order chi connectivity index (χ0) is 12.7. The highest BCUT2D eigenvalue weighted by atomic mass is 35.5. The van der Waals surface area contributed by atoms with Crippen LogP contribution < -0.4 is 5.73 Å². The minimum absolute atomic E-state index is 0.00230. The van der Waals surface area contributed by atoms with E-state index < -0.39 is 0 Å². The molecule has 2 aromatic rings. The van der Waals surface area contributed by atoms with E-state index in [1.54, 1.807) is 6.33 Å². The minimum atomic E-state index is -0.220. The van der Waals surface area contributed by atoms with Gasteiger partial charge in [0.2, 0.25) is 5.95 Å². The van der Waals surface area contributed by atoms with Gasteiger partial charge in [-0.25, -0.2) is 4.98 Å². The molecule has 1 saturated heterocycles. The second-order valence-corrected chi connectivity index (χ2v) is 5.43. The second-order valence-electron chi connectivity index (χ2n) is 3.73. The fourth-order valence-electron chi connectivity index (χ4n) is 1.79. The summed E-state index contributed by atoms with van der Waals surface area (Å²) in [6.07, 6.45) is 1.63. The molecule has 0 aliphatic carbocycles. The molecule has 1 aliphatic rings. The highest BCUT2D eigenvalue weighted by Gasteiger charge is 2.28. The van der Waals surface area contributed by atoms with E-state index in [0.29, 0.717) is 17.8 Å². The highest BCUT2D eigenvalue weighted by Crippen LogP contribution is 2.37. The molecular weight excluding hydrogens is 278 g/mol. The van der Waals surface area contributed by atoms with Crippen molar-refractivity contribution < 1.29 is 9.84 Å². The lowest BCUT2D eigenvalue weighted by atomic mass is 10.5. The molecule has 3 rings (SSSR count). The maximum atomic E-state index is 9.05. The number of halogens is 1. The number of nitrogens with zero attached hydrogens (tertiary/aromatic N) is 4. The third-order valence-electron chi connectivity index (χ3n) is 2.59. The van der Waals surface area contributed by atoms with E-state index in [1.807, 2.05) is 4.57 Å². The SMILES string of the molecule is Nc1nc(Cl)c2ncn([C@H]3CO[C@H](CO)S3)c2n1. The number of hydrogen-bond donors (Lipinski definition) is 2. The number of aromatic nitrogens is 4. The first-order valence-electron chi connectivity index (χ1n) is 5.22. The summed E-state index contributed by atoms with van der Waals surface area (Å²) >= 11 is 7.45. The van der Waals surface area contributed by atoms with Crippen molar-refractivity contribution >= 4 is 40.5 Å². The lowest BCUT2D eigenvalue weighted by Crippen LogP contribution is -2.06. The van der Waals surface area contributed by atoms with E-state index in [-0.39, 0.29) is 28.5 Å². The standard InChI is InChI=1S/C9H10ClN5O2S/c10-7-6-8(14-9(11)13-7)15(3-12-6)4-2-17-5(1-16)18-4/h3-5,16H,1-2H2,(H2,11,13,14)/t4-,5+/m1/s1. The predicted molar refractivity (Wildman–Crippen MR) is 68.2 cm³/mol. The Morgan fingerprint density at radius 3 is 3.17 bits per heavy atom. The molecule has 3 N–H and O–H groups in total. The Kier molecular flexibility index (Phi) is 3.02. The number of fused-ring (bicyclic) bond motifs is 1. The third-order valence-corrected chi connectivity index (χ3v) is 4.12. The zero-order valence-electron chi connectivity index (χ0n) is 9.15. The molecule has 2 aromatic heterocycles. The molecule has 96 valence electrons. The molecule has 0 aromatic carbocycles. The van der Waals surface area contributed by atoms with Gasteiger partial charge in [-0.3, -0.25) is 4.57 Å². The first-order chi connectivity index (χ1) is 8.69. The molecule has 3 heterocycles. The Morgan fingerprint density at radius 2 is 2.44 bits per heavy atom. The number of nitrogens with two attached hydrogens (primary N) is 1. The van der Waals surface area contributed by atoms with Gasteiger partial charge in [0, 0.05) is 0 Å². The number of anilines is 1. The molecule has 7 nitrogen and oxygen atoms in total. The fraction of sp³-hybridized carbons (Fsp3) is 0.444. The molecule has 0 bridgehead atoms. The Balaban J connectivity index is 2.03. The number of ether oxygens (including phenoxy) is 1. The van der Waals surface area contributed by atoms with E-state index >= 15 is 0 Å². The summed E-state index contributed by atoms with van der Waals surface area (Å²) in [6.45, 7) is 0.453. The molecule has 0 saturated carbocycles. The molecule has 0 radical (unpaired) electrons. The highest BCUT2D eigenvalue weighted by molar-refractivity contribution is 8.00. The maximum Gasteiger partial charge on any atom is 0.223 e. The van der Waals surface area contributed by atoms with Crippen molar-refractivity contribution in [3.63, 3.8) is 0 Å². The summed E-state index contributed by atoms with van der Waals surface area (Å²) in [6, 6.07) is 0. The lowest BCUT2D eigenvalue weighted by molar-refractivity contribution is 0.0810. The summed E-state index contributed by atoms with van der Waals surface area (Å²) in [5.41, 5.74) is 6.45. The molecule has 0 spiro atoms. The van der Waals surface area contributed by atoms with Crippen LogP contribution in [0.15, 0.2) is 6.33 Å². The lowest BCUT2D eigenvalue weighted by Gasteiger charge is -2.09. The molecule has 0 unspecified atom stereocenters. The van der Waals surface area contributed by atoms with Gasteiger partial charge in [-0.1, -0.05) is 11.6 Å². The summed E-state index contributed by atoms with van der Waals surface area (Å²) in [5.74, 6) is 0.108. The van der Waals surface area contributed by atoms with Gasteiger partial charge in [0.1, 0.15) is 16.3 Å². The van der Waals surface area contributed by atoms with Crippen molar-refractivity contribution in [2.45, 2.75) is 10.8 Å². The third kappa shape index (κ3) is 1.91. The maximum absolute atomic E-state index is 9.05. The van der Waals surface area contributed by atoms with Crippen molar-refractivity contribution in [1.29, 1.82) is 0 Å². The van der Waals surface area contributed by atoms with Gasteiger partial charge in [0.05, 0.1) is 19.5 Å². The largest absolute Gasteiger partial charge is 0.393 e. The molecule has 2 atom stereocenters. The second kappa shape index (κ2) is 4.54. The molecular formula is C9H10ClN5O2S. The van der Waals surface area contributed by atoms with E-state index in [1.165, 1.54) is 11.8 Å². The summed E-state index contributed by atoms with van der Waals surface area (Å²) in [5, 5.41) is 9.28. The Labute approximate surface area is 111 Å². The van der Waals surface area contributed by atoms with Gasteiger partial charge in [-0.05, 0) is 0 Å². The molecule has 1 fully saturated rings. The zero-order valence-corrected chi connectivity index (χ0v) is 10.7. The molecule has 9 heteroatoms. The molecule has 1 aliphatic heterocycles. The Bertz CT molecular complexity index is 592. The predicted octanol–water partition coefficient (Wildman–Crippen LogP) is 0.642. The number of thioether (sulfide) groups is 1. The van der Waals surface area contributed by atoms with Crippen LogP contribution in [0.3, 0.4) is 0 Å². The van der Waals surface area contributed by atoms with Gasteiger partial charge in [0.15, 0.2) is 10.8 Å². The fourth-order valence-corrected chi connectivity index (χ4v) is 3.05. The van der Waals surface area contributed by atoms with E-state index in [9.17, 15) is 0 Å². The van der Waals surface area contributed by atoms with Gasteiger partial charge in [-0.2, -0.15) is 9.97 Å². The van der Waals surface area contributed by atoms with Crippen LogP contribution in [0.2, 0.25) is 5.15 Å². The van der Waals surface area contributed by atoms with E-state index in [4.69, 9.17) is 27.2 Å². The van der Waals surface area contributed by atoms with Crippen LogP contribution in [-0.4, -0.2) is 43.3 Å². The van der Waals surface area contributed by atoms with Gasteiger partial charge in [0.25, 0.3) is 0 Å². The average molecular weight is 288 g/mol.